The van der Waals surface area contributed by atoms with Gasteiger partial charge in [0.25, 0.3) is 0 Å². The topological polar surface area (TPSA) is 78.5 Å². The van der Waals surface area contributed by atoms with Gasteiger partial charge in [0.1, 0.15) is 11.6 Å². The summed E-state index contributed by atoms with van der Waals surface area (Å²) < 4.78 is 0. The van der Waals surface area contributed by atoms with Crippen molar-refractivity contribution in [2.24, 2.45) is 0 Å². The van der Waals surface area contributed by atoms with E-state index in [1.165, 1.54) is 0 Å². The summed E-state index contributed by atoms with van der Waals surface area (Å²) in [6.07, 6.45) is 1.68. The maximum absolute atomic E-state index is 8.88. The summed E-state index contributed by atoms with van der Waals surface area (Å²) in [6.45, 7) is 1.88. The molecule has 1 heterocycles. The number of rotatable bonds is 0. The molecule has 3 N–H and O–H groups in total. The van der Waals surface area contributed by atoms with Gasteiger partial charge in [-0.2, -0.15) is 10.4 Å². The van der Waals surface area contributed by atoms with Crippen LogP contribution in [0.2, 0.25) is 0 Å². The molecule has 0 aliphatic carbocycles. The molecule has 0 atom stereocenters. The number of aromatic amines is 1. The van der Waals surface area contributed by atoms with Crippen molar-refractivity contribution in [3.63, 3.8) is 0 Å². The zero-order valence-corrected chi connectivity index (χ0v) is 7.13. The minimum atomic E-state index is 0.479. The van der Waals surface area contributed by atoms with Gasteiger partial charge in [-0.05, 0) is 18.6 Å². The lowest BCUT2D eigenvalue weighted by Crippen LogP contribution is -1.94. The maximum atomic E-state index is 8.88. The molecular weight excluding hydrogens is 164 g/mol. The number of nitrogen functional groups attached to an aromatic ring is 1. The van der Waals surface area contributed by atoms with Gasteiger partial charge >= 0.3 is 0 Å². The predicted molar refractivity (Wildman–Crippen MR) is 50.0 cm³/mol. The van der Waals surface area contributed by atoms with Crippen LogP contribution in [-0.2, 0) is 0 Å². The van der Waals surface area contributed by atoms with Crippen LogP contribution in [-0.4, -0.2) is 10.2 Å². The van der Waals surface area contributed by atoms with E-state index in [1.54, 1.807) is 6.20 Å². The van der Waals surface area contributed by atoms with Crippen LogP contribution in [0, 0.1) is 18.3 Å². The normalized spacial score (nSPS) is 10.2. The Morgan fingerprint density at radius 3 is 3.08 bits per heavy atom. The van der Waals surface area contributed by atoms with Gasteiger partial charge in [-0.25, -0.2) is 0 Å². The summed E-state index contributed by atoms with van der Waals surface area (Å²) in [4.78, 5) is 0. The summed E-state index contributed by atoms with van der Waals surface area (Å²) in [5.41, 5.74) is 8.38. The number of nitriles is 1. The minimum Gasteiger partial charge on any atom is -0.397 e. The van der Waals surface area contributed by atoms with E-state index in [0.29, 0.717) is 16.8 Å². The molecule has 4 nitrogen and oxygen atoms in total. The molecule has 0 bridgehead atoms. The molecule has 1 aromatic heterocycles. The fourth-order valence-corrected chi connectivity index (χ4v) is 1.36. The summed E-state index contributed by atoms with van der Waals surface area (Å²) in [5.74, 6) is 0. The van der Waals surface area contributed by atoms with Crippen LogP contribution >= 0.6 is 0 Å². The third-order valence-corrected chi connectivity index (χ3v) is 2.10. The molecule has 0 saturated heterocycles. The van der Waals surface area contributed by atoms with Crippen molar-refractivity contribution < 1.29 is 0 Å². The number of fused-ring (bicyclic) bond motifs is 1. The fourth-order valence-electron chi connectivity index (χ4n) is 1.36. The first-order valence-electron chi connectivity index (χ1n) is 3.86. The molecule has 2 aromatic rings. The van der Waals surface area contributed by atoms with E-state index >= 15 is 0 Å². The summed E-state index contributed by atoms with van der Waals surface area (Å²) in [5, 5.41) is 16.4. The molecule has 4 heteroatoms. The standard InChI is InChI=1S/C9H8N4/c1-5-2-6-4-12-13-9(6)7(3-10)8(5)11/h2,4H,11H2,1H3,(H,12,13). The number of aromatic nitrogens is 2. The number of benzene rings is 1. The van der Waals surface area contributed by atoms with Crippen LogP contribution in [0.15, 0.2) is 12.3 Å². The number of nitrogens with two attached hydrogens (primary N) is 1. The number of nitrogens with zero attached hydrogens (tertiary/aromatic N) is 2. The largest absolute Gasteiger partial charge is 0.397 e. The number of nitrogens with one attached hydrogen (secondary N) is 1. The molecule has 0 aliphatic rings. The zero-order chi connectivity index (χ0) is 9.42. The highest BCUT2D eigenvalue weighted by atomic mass is 15.1. The molecule has 0 saturated carbocycles. The lowest BCUT2D eigenvalue weighted by Gasteiger charge is -2.02. The molecule has 13 heavy (non-hydrogen) atoms. The molecule has 0 unspecified atom stereocenters. The number of anilines is 1. The highest BCUT2D eigenvalue weighted by Crippen LogP contribution is 2.24. The Balaban J connectivity index is 2.98. The van der Waals surface area contributed by atoms with Crippen molar-refractivity contribution >= 4 is 16.6 Å². The maximum Gasteiger partial charge on any atom is 0.104 e. The van der Waals surface area contributed by atoms with E-state index in [0.717, 1.165) is 10.9 Å². The number of H-pyrrole nitrogens is 1. The van der Waals surface area contributed by atoms with Crippen molar-refractivity contribution in [3.8, 4) is 6.07 Å². The molecule has 0 amide bonds. The Morgan fingerprint density at radius 1 is 1.62 bits per heavy atom. The molecule has 0 spiro atoms. The van der Waals surface area contributed by atoms with E-state index in [1.807, 2.05) is 13.0 Å². The van der Waals surface area contributed by atoms with Gasteiger partial charge in [-0.3, -0.25) is 5.10 Å². The van der Waals surface area contributed by atoms with E-state index in [4.69, 9.17) is 11.0 Å². The number of hydrogen-bond acceptors (Lipinski definition) is 3. The summed E-state index contributed by atoms with van der Waals surface area (Å²) in [7, 11) is 0. The molecule has 64 valence electrons. The predicted octanol–water partition coefficient (Wildman–Crippen LogP) is 1.33. The highest BCUT2D eigenvalue weighted by Gasteiger charge is 2.08. The average molecular weight is 172 g/mol. The minimum absolute atomic E-state index is 0.479. The fraction of sp³-hybridized carbons (Fsp3) is 0.111. The van der Waals surface area contributed by atoms with Crippen LogP contribution in [0.3, 0.4) is 0 Å². The first kappa shape index (κ1) is 7.62. The van der Waals surface area contributed by atoms with Crippen LogP contribution in [0.25, 0.3) is 10.9 Å². The smallest absolute Gasteiger partial charge is 0.104 e. The molecule has 0 radical (unpaired) electrons. The Morgan fingerprint density at radius 2 is 2.38 bits per heavy atom. The van der Waals surface area contributed by atoms with Crippen molar-refractivity contribution in [2.45, 2.75) is 6.92 Å². The van der Waals surface area contributed by atoms with Gasteiger partial charge in [0.2, 0.25) is 0 Å². The monoisotopic (exact) mass is 172 g/mol. The third kappa shape index (κ3) is 0.942. The lowest BCUT2D eigenvalue weighted by molar-refractivity contribution is 1.12. The Kier molecular flexibility index (Phi) is 1.46. The molecular formula is C9H8N4. The SMILES string of the molecule is Cc1cc2cn[nH]c2c(C#N)c1N. The first-order valence-corrected chi connectivity index (χ1v) is 3.86. The number of aryl methyl sites for hydroxylation is 1. The van der Waals surface area contributed by atoms with Gasteiger partial charge in [-0.15, -0.1) is 0 Å². The van der Waals surface area contributed by atoms with Gasteiger partial charge in [0.15, 0.2) is 0 Å². The van der Waals surface area contributed by atoms with E-state index in [9.17, 15) is 0 Å². The first-order chi connectivity index (χ1) is 6.24. The van der Waals surface area contributed by atoms with Crippen molar-refractivity contribution in [2.75, 3.05) is 5.73 Å². The molecule has 0 fully saturated rings. The second kappa shape index (κ2) is 2.49. The lowest BCUT2D eigenvalue weighted by atomic mass is 10.1. The van der Waals surface area contributed by atoms with E-state index in [-0.39, 0.29) is 0 Å². The molecule has 2 rings (SSSR count). The Hall–Kier alpha value is -2.02. The number of hydrogen-bond donors (Lipinski definition) is 2. The van der Waals surface area contributed by atoms with Crippen LogP contribution in [0.4, 0.5) is 5.69 Å². The summed E-state index contributed by atoms with van der Waals surface area (Å²) in [6, 6.07) is 3.98. The molecule has 0 aliphatic heterocycles. The average Bonchev–Trinajstić information content (AvgIpc) is 2.54. The van der Waals surface area contributed by atoms with Crippen molar-refractivity contribution in [1.29, 1.82) is 5.26 Å². The quantitative estimate of drug-likeness (QED) is 0.588. The second-order valence-electron chi connectivity index (χ2n) is 2.93. The van der Waals surface area contributed by atoms with Gasteiger partial charge < -0.3 is 5.73 Å². The third-order valence-electron chi connectivity index (χ3n) is 2.10. The van der Waals surface area contributed by atoms with E-state index in [2.05, 4.69) is 16.3 Å². The van der Waals surface area contributed by atoms with Crippen LogP contribution in [0.5, 0.6) is 0 Å². The van der Waals surface area contributed by atoms with Gasteiger partial charge in [0, 0.05) is 5.39 Å². The Bertz CT molecular complexity index is 504. The van der Waals surface area contributed by atoms with Gasteiger partial charge in [0.05, 0.1) is 17.4 Å². The molecule has 1 aromatic carbocycles. The van der Waals surface area contributed by atoms with Crippen LogP contribution in [0.1, 0.15) is 11.1 Å². The van der Waals surface area contributed by atoms with Crippen molar-refractivity contribution in [3.05, 3.63) is 23.4 Å². The zero-order valence-electron chi connectivity index (χ0n) is 7.13. The highest BCUT2D eigenvalue weighted by molar-refractivity contribution is 5.90. The summed E-state index contributed by atoms with van der Waals surface area (Å²) >= 11 is 0. The van der Waals surface area contributed by atoms with E-state index < -0.39 is 0 Å². The Labute approximate surface area is 75.0 Å². The van der Waals surface area contributed by atoms with Crippen LogP contribution < -0.4 is 5.73 Å². The van der Waals surface area contributed by atoms with Gasteiger partial charge in [-0.1, -0.05) is 0 Å². The van der Waals surface area contributed by atoms with Crippen molar-refractivity contribution in [1.82, 2.24) is 10.2 Å². The second-order valence-corrected chi connectivity index (χ2v) is 2.93.